The van der Waals surface area contributed by atoms with E-state index in [1.54, 1.807) is 41.3 Å². The molecule has 250 valence electrons. The highest BCUT2D eigenvalue weighted by Crippen LogP contribution is 2.48. The summed E-state index contributed by atoms with van der Waals surface area (Å²) >= 11 is 14.2. The van der Waals surface area contributed by atoms with E-state index in [9.17, 15) is 20.2 Å². The summed E-state index contributed by atoms with van der Waals surface area (Å²) in [4.78, 5) is 35.1. The molecule has 2 aliphatic rings. The molecule has 14 heteroatoms. The maximum atomic E-state index is 16.7. The summed E-state index contributed by atoms with van der Waals surface area (Å²) < 4.78 is 24.0. The zero-order valence-corrected chi connectivity index (χ0v) is 28.7. The van der Waals surface area contributed by atoms with Gasteiger partial charge in [-0.15, -0.1) is 0 Å². The van der Waals surface area contributed by atoms with Crippen LogP contribution in [0.4, 0.5) is 14.9 Å². The van der Waals surface area contributed by atoms with Crippen LogP contribution in [0.2, 0.25) is 10.0 Å². The molecule has 2 bridgehead atoms. The topological polar surface area (TPSA) is 128 Å². The number of carbonyl (C=O) groups is 1. The van der Waals surface area contributed by atoms with Crippen molar-refractivity contribution in [2.45, 2.75) is 43.2 Å². The van der Waals surface area contributed by atoms with Crippen LogP contribution in [0.15, 0.2) is 59.5 Å². The van der Waals surface area contributed by atoms with Crippen molar-refractivity contribution in [3.05, 3.63) is 97.5 Å². The minimum Gasteiger partial charge on any atom is -0.453 e. The summed E-state index contributed by atoms with van der Waals surface area (Å²) in [6.07, 6.45) is 0.688. The lowest BCUT2D eigenvalue weighted by atomic mass is 9.93. The SMILES string of the molecule is COC(=O)N1C2CC(CN(Sc3ccccc3[N+](=O)[O-])C2)C1c1cc2c(C)nc3c(F)c(-c4cccc(Cl)c4Cl)c(CCC#N)cc3c2[nH]1. The molecular weight excluding hydrogens is 690 g/mol. The number of H-pyrrole nitrogens is 1. The Hall–Kier alpha value is -4.41. The Kier molecular flexibility index (Phi) is 8.87. The van der Waals surface area contributed by atoms with Crippen molar-refractivity contribution in [3.8, 4) is 17.2 Å². The van der Waals surface area contributed by atoms with Gasteiger partial charge in [0.05, 0.1) is 39.7 Å². The van der Waals surface area contributed by atoms with Gasteiger partial charge < -0.3 is 9.72 Å². The molecule has 0 saturated carbocycles. The number of aryl methyl sites for hydroxylation is 2. The van der Waals surface area contributed by atoms with Crippen LogP contribution in [0.3, 0.4) is 0 Å². The van der Waals surface area contributed by atoms with E-state index in [4.69, 9.17) is 32.9 Å². The predicted octanol–water partition coefficient (Wildman–Crippen LogP) is 9.02. The van der Waals surface area contributed by atoms with Crippen LogP contribution < -0.4 is 0 Å². The van der Waals surface area contributed by atoms with Gasteiger partial charge in [0.2, 0.25) is 0 Å². The Balaban J connectivity index is 1.33. The monoisotopic (exact) mass is 718 g/mol. The molecule has 0 aliphatic carbocycles. The molecule has 7 rings (SSSR count). The molecule has 10 nitrogen and oxygen atoms in total. The number of carbonyl (C=O) groups excluding carboxylic acids is 1. The zero-order chi connectivity index (χ0) is 34.6. The number of nitrogens with zero attached hydrogens (tertiary/aromatic N) is 5. The zero-order valence-electron chi connectivity index (χ0n) is 26.4. The smallest absolute Gasteiger partial charge is 0.410 e. The Morgan fingerprint density at radius 3 is 2.76 bits per heavy atom. The van der Waals surface area contributed by atoms with Gasteiger partial charge in [-0.05, 0) is 61.5 Å². The molecule has 3 unspecified atom stereocenters. The highest BCUT2D eigenvalue weighted by Gasteiger charge is 2.50. The Bertz CT molecular complexity index is 2210. The highest BCUT2D eigenvalue weighted by molar-refractivity contribution is 7.97. The third-order valence-corrected chi connectivity index (χ3v) is 11.3. The Morgan fingerprint density at radius 1 is 1.20 bits per heavy atom. The van der Waals surface area contributed by atoms with Gasteiger partial charge in [-0.1, -0.05) is 47.5 Å². The van der Waals surface area contributed by atoms with E-state index in [2.05, 4.69) is 15.4 Å². The number of pyridine rings is 1. The molecule has 0 radical (unpaired) electrons. The van der Waals surface area contributed by atoms with Crippen molar-refractivity contribution in [1.29, 1.82) is 5.26 Å². The number of nitrogens with one attached hydrogen (secondary N) is 1. The first kappa shape index (κ1) is 33.1. The van der Waals surface area contributed by atoms with E-state index in [1.165, 1.54) is 25.1 Å². The average molecular weight is 720 g/mol. The standard InChI is InChI=1S/C35H29Cl2FN6O4S/c1-18-23-15-26(34-20-13-21(43(34)35(45)48-2)17-42(16-20)49-28-11-4-3-10-27(28)44(46)47)41-32(23)24-14-19(7-6-12-39)29(31(38)33(24)40-18)22-8-5-9-25(36)30(22)37/h3-5,8-11,14-15,20-21,34,41H,6-7,13,16-17H2,1-2H3. The van der Waals surface area contributed by atoms with Gasteiger partial charge in [-0.3, -0.25) is 15.0 Å². The van der Waals surface area contributed by atoms with Crippen molar-refractivity contribution in [3.63, 3.8) is 0 Å². The molecule has 0 spiro atoms. The number of hydrogen-bond acceptors (Lipinski definition) is 8. The number of methoxy groups -OCH3 is 1. The second kappa shape index (κ2) is 13.1. The first-order chi connectivity index (χ1) is 23.6. The number of para-hydroxylation sites is 1. The molecule has 2 aliphatic heterocycles. The van der Waals surface area contributed by atoms with E-state index in [-0.39, 0.29) is 51.6 Å². The Morgan fingerprint density at radius 2 is 2.00 bits per heavy atom. The van der Waals surface area contributed by atoms with E-state index in [0.29, 0.717) is 45.7 Å². The first-order valence-corrected chi connectivity index (χ1v) is 17.1. The van der Waals surface area contributed by atoms with Crippen molar-refractivity contribution in [2.75, 3.05) is 20.2 Å². The fourth-order valence-electron chi connectivity index (χ4n) is 7.35. The molecule has 49 heavy (non-hydrogen) atoms. The van der Waals surface area contributed by atoms with Gasteiger partial charge >= 0.3 is 6.09 Å². The summed E-state index contributed by atoms with van der Waals surface area (Å²) in [5, 5.41) is 22.9. The van der Waals surface area contributed by atoms with Crippen LogP contribution in [0.5, 0.6) is 0 Å². The number of aromatic nitrogens is 2. The van der Waals surface area contributed by atoms with E-state index in [1.807, 2.05) is 19.1 Å². The fourth-order valence-corrected chi connectivity index (χ4v) is 8.91. The number of nitriles is 1. The largest absolute Gasteiger partial charge is 0.453 e. The molecule has 2 fully saturated rings. The summed E-state index contributed by atoms with van der Waals surface area (Å²) in [6.45, 7) is 2.87. The van der Waals surface area contributed by atoms with E-state index >= 15 is 4.39 Å². The van der Waals surface area contributed by atoms with Crippen molar-refractivity contribution < 1.29 is 18.8 Å². The first-order valence-electron chi connectivity index (χ1n) is 15.6. The number of fused-ring (bicyclic) bond motifs is 5. The summed E-state index contributed by atoms with van der Waals surface area (Å²) in [5.41, 5.74) is 3.45. The number of aromatic amines is 1. The number of hydrogen-bond donors (Lipinski definition) is 1. The summed E-state index contributed by atoms with van der Waals surface area (Å²) in [7, 11) is 1.35. The lowest BCUT2D eigenvalue weighted by Crippen LogP contribution is -2.42. The van der Waals surface area contributed by atoms with Crippen molar-refractivity contribution in [1.82, 2.24) is 19.2 Å². The van der Waals surface area contributed by atoms with Gasteiger partial charge in [0, 0.05) is 70.8 Å². The number of halogens is 3. The molecule has 1 N–H and O–H groups in total. The van der Waals surface area contributed by atoms with Crippen LogP contribution >= 0.6 is 35.1 Å². The maximum absolute atomic E-state index is 16.7. The molecule has 2 saturated heterocycles. The molecular formula is C35H29Cl2FN6O4S. The number of rotatable bonds is 7. The van der Waals surface area contributed by atoms with Crippen LogP contribution in [0, 0.1) is 40.1 Å². The second-order valence-electron chi connectivity index (χ2n) is 12.2. The van der Waals surface area contributed by atoms with Crippen LogP contribution in [0.25, 0.3) is 32.9 Å². The minimum atomic E-state index is -0.564. The van der Waals surface area contributed by atoms with Gasteiger partial charge in [-0.25, -0.2) is 18.5 Å². The van der Waals surface area contributed by atoms with Crippen molar-refractivity contribution in [2.24, 2.45) is 5.92 Å². The third-order valence-electron chi connectivity index (χ3n) is 9.39. The van der Waals surface area contributed by atoms with Gasteiger partial charge in [-0.2, -0.15) is 5.26 Å². The molecule has 4 heterocycles. The maximum Gasteiger partial charge on any atom is 0.410 e. The number of likely N-dealkylation sites (tertiary alicyclic amines) is 1. The number of benzene rings is 3. The van der Waals surface area contributed by atoms with Crippen LogP contribution in [0.1, 0.15) is 35.8 Å². The number of piperidine rings is 1. The number of ether oxygens (including phenoxy) is 1. The molecule has 1 amide bonds. The van der Waals surface area contributed by atoms with Crippen LogP contribution in [-0.2, 0) is 11.2 Å². The molecule has 5 aromatic rings. The Labute approximate surface area is 295 Å². The quantitative estimate of drug-likeness (QED) is 0.100. The summed E-state index contributed by atoms with van der Waals surface area (Å²) in [5.74, 6) is -0.591. The number of amides is 1. The number of nitro benzene ring substituents is 1. The molecule has 3 atom stereocenters. The third kappa shape index (κ3) is 5.74. The summed E-state index contributed by atoms with van der Waals surface area (Å²) in [6, 6.07) is 17.0. The fraction of sp³-hybridized carbons (Fsp3) is 0.286. The van der Waals surface area contributed by atoms with Crippen LogP contribution in [-0.4, -0.2) is 56.4 Å². The van der Waals surface area contributed by atoms with Gasteiger partial charge in [0.15, 0.2) is 5.82 Å². The van der Waals surface area contributed by atoms with Crippen molar-refractivity contribution >= 4 is 68.7 Å². The lowest BCUT2D eigenvalue weighted by Gasteiger charge is -2.31. The van der Waals surface area contributed by atoms with Gasteiger partial charge in [0.25, 0.3) is 5.69 Å². The predicted molar refractivity (Wildman–Crippen MR) is 187 cm³/mol. The molecule has 3 aromatic carbocycles. The normalized spacial score (nSPS) is 19.0. The second-order valence-corrected chi connectivity index (χ2v) is 14.1. The number of nitro groups is 1. The highest BCUT2D eigenvalue weighted by atomic mass is 35.5. The van der Waals surface area contributed by atoms with E-state index in [0.717, 1.165) is 17.5 Å². The molecule has 2 aromatic heterocycles. The van der Waals surface area contributed by atoms with Gasteiger partial charge in [0.1, 0.15) is 10.4 Å². The lowest BCUT2D eigenvalue weighted by molar-refractivity contribution is -0.387. The average Bonchev–Trinajstić information content (AvgIpc) is 3.64. The van der Waals surface area contributed by atoms with E-state index < -0.39 is 22.9 Å². The minimum absolute atomic E-state index is 0.0272.